The summed E-state index contributed by atoms with van der Waals surface area (Å²) in [6, 6.07) is 16.0. The molecule has 2 aromatic carbocycles. The molecule has 148 valence electrons. The van der Waals surface area contributed by atoms with Crippen LogP contribution in [0.3, 0.4) is 0 Å². The van der Waals surface area contributed by atoms with Crippen LogP contribution in [0.25, 0.3) is 0 Å². The number of hydrogen-bond acceptors (Lipinski definition) is 3. The largest absolute Gasteiger partial charge is 0.416 e. The third kappa shape index (κ3) is 4.28. The number of thiophene rings is 1. The molecule has 3 nitrogen and oxygen atoms in total. The highest BCUT2D eigenvalue weighted by atomic mass is 79.9. The molecule has 1 aromatic heterocycles. The Bertz CT molecular complexity index is 1110. The van der Waals surface area contributed by atoms with Crippen molar-refractivity contribution in [2.45, 2.75) is 19.1 Å². The number of nitrogens with zero attached hydrogens (tertiary/aromatic N) is 2. The molecule has 0 N–H and O–H groups in total. The van der Waals surface area contributed by atoms with E-state index in [2.05, 4.69) is 20.9 Å². The van der Waals surface area contributed by atoms with E-state index in [0.717, 1.165) is 20.8 Å². The van der Waals surface area contributed by atoms with Gasteiger partial charge in [0.2, 0.25) is 5.91 Å². The maximum absolute atomic E-state index is 13.1. The molecule has 0 unspecified atom stereocenters. The lowest BCUT2D eigenvalue weighted by Gasteiger charge is -2.23. The summed E-state index contributed by atoms with van der Waals surface area (Å²) in [6.07, 6.45) is -4.36. The Hall–Kier alpha value is -2.45. The van der Waals surface area contributed by atoms with Crippen LogP contribution in [0.4, 0.5) is 24.5 Å². The van der Waals surface area contributed by atoms with Crippen LogP contribution in [0.1, 0.15) is 22.4 Å². The van der Waals surface area contributed by atoms with E-state index in [4.69, 9.17) is 0 Å². The normalized spacial score (nSPS) is 14.4. The van der Waals surface area contributed by atoms with Gasteiger partial charge in [-0.1, -0.05) is 24.3 Å². The fourth-order valence-corrected chi connectivity index (χ4v) is 4.53. The number of alkyl halides is 3. The number of carbonyl (C=O) groups is 1. The van der Waals surface area contributed by atoms with E-state index in [1.165, 1.54) is 22.3 Å². The van der Waals surface area contributed by atoms with E-state index in [9.17, 15) is 18.0 Å². The summed E-state index contributed by atoms with van der Waals surface area (Å²) in [5.41, 5.74) is 1.52. The van der Waals surface area contributed by atoms with Crippen LogP contribution in [0, 0.1) is 0 Å². The Morgan fingerprint density at radius 2 is 1.86 bits per heavy atom. The quantitative estimate of drug-likeness (QED) is 0.418. The molecule has 0 fully saturated rings. The van der Waals surface area contributed by atoms with Gasteiger partial charge in [0.05, 0.1) is 44.3 Å². The number of benzene rings is 2. The maximum Gasteiger partial charge on any atom is 0.416 e. The molecular formula is C21H14BrF3N2OS. The van der Waals surface area contributed by atoms with Gasteiger partial charge in [-0.05, 0) is 57.9 Å². The molecule has 0 spiro atoms. The number of para-hydroxylation sites is 2. The summed E-state index contributed by atoms with van der Waals surface area (Å²) in [6.45, 7) is 0.0384. The minimum absolute atomic E-state index is 0.0384. The maximum atomic E-state index is 13.1. The number of aliphatic imine (C=N–C) groups is 1. The highest BCUT2D eigenvalue weighted by molar-refractivity contribution is 9.11. The molecular weight excluding hydrogens is 465 g/mol. The first kappa shape index (κ1) is 19.8. The zero-order valence-electron chi connectivity index (χ0n) is 14.9. The van der Waals surface area contributed by atoms with Crippen LogP contribution in [0.15, 0.2) is 69.4 Å². The van der Waals surface area contributed by atoms with Gasteiger partial charge < -0.3 is 4.90 Å². The molecule has 1 aliphatic heterocycles. The minimum atomic E-state index is -4.43. The van der Waals surface area contributed by atoms with Crippen LogP contribution in [-0.4, -0.2) is 11.6 Å². The first-order valence-corrected chi connectivity index (χ1v) is 10.3. The summed E-state index contributed by atoms with van der Waals surface area (Å²) in [5.74, 6) is -0.212. The summed E-state index contributed by atoms with van der Waals surface area (Å²) in [7, 11) is 0. The minimum Gasteiger partial charge on any atom is -0.306 e. The third-order valence-corrected chi connectivity index (χ3v) is 6.17. The van der Waals surface area contributed by atoms with Crippen LogP contribution in [0.5, 0.6) is 0 Å². The van der Waals surface area contributed by atoms with Crippen molar-refractivity contribution in [1.29, 1.82) is 0 Å². The highest BCUT2D eigenvalue weighted by Crippen LogP contribution is 2.36. The van der Waals surface area contributed by atoms with E-state index in [1.54, 1.807) is 24.3 Å². The fraction of sp³-hybridized carbons (Fsp3) is 0.143. The van der Waals surface area contributed by atoms with Crippen molar-refractivity contribution in [3.63, 3.8) is 0 Å². The Morgan fingerprint density at radius 3 is 2.59 bits per heavy atom. The lowest BCUT2D eigenvalue weighted by atomic mass is 10.1. The van der Waals surface area contributed by atoms with Gasteiger partial charge in [0.25, 0.3) is 0 Å². The van der Waals surface area contributed by atoms with Gasteiger partial charge in [-0.2, -0.15) is 13.2 Å². The predicted octanol–water partition coefficient (Wildman–Crippen LogP) is 6.59. The van der Waals surface area contributed by atoms with E-state index < -0.39 is 11.7 Å². The molecule has 1 aliphatic rings. The van der Waals surface area contributed by atoms with Crippen LogP contribution >= 0.6 is 27.3 Å². The number of fused-ring (bicyclic) bond motifs is 1. The first-order chi connectivity index (χ1) is 13.8. The van der Waals surface area contributed by atoms with E-state index in [0.29, 0.717) is 22.6 Å². The van der Waals surface area contributed by atoms with Crippen molar-refractivity contribution >= 4 is 50.3 Å². The second-order valence-corrected chi connectivity index (χ2v) is 8.97. The Balaban J connectivity index is 1.71. The predicted molar refractivity (Wildman–Crippen MR) is 112 cm³/mol. The monoisotopic (exact) mass is 478 g/mol. The Kier molecular flexibility index (Phi) is 5.31. The van der Waals surface area contributed by atoms with Crippen LogP contribution in [0.2, 0.25) is 0 Å². The second-order valence-electron chi connectivity index (χ2n) is 6.51. The Labute approximate surface area is 177 Å². The smallest absolute Gasteiger partial charge is 0.306 e. The van der Waals surface area contributed by atoms with Gasteiger partial charge >= 0.3 is 6.18 Å². The molecule has 0 atom stereocenters. The molecule has 2 heterocycles. The molecule has 1 amide bonds. The lowest BCUT2D eigenvalue weighted by Crippen LogP contribution is -2.31. The van der Waals surface area contributed by atoms with Crippen LogP contribution < -0.4 is 4.90 Å². The lowest BCUT2D eigenvalue weighted by molar-refractivity contribution is -0.137. The van der Waals surface area contributed by atoms with E-state index >= 15 is 0 Å². The second kappa shape index (κ2) is 7.76. The molecule has 29 heavy (non-hydrogen) atoms. The van der Waals surface area contributed by atoms with Gasteiger partial charge in [0, 0.05) is 0 Å². The molecule has 0 saturated carbocycles. The zero-order chi connectivity index (χ0) is 20.6. The van der Waals surface area contributed by atoms with E-state index in [-0.39, 0.29) is 18.9 Å². The van der Waals surface area contributed by atoms with E-state index in [1.807, 2.05) is 18.2 Å². The van der Waals surface area contributed by atoms with Gasteiger partial charge in [0.1, 0.15) is 0 Å². The van der Waals surface area contributed by atoms with Crippen molar-refractivity contribution < 1.29 is 18.0 Å². The third-order valence-electron chi connectivity index (χ3n) is 4.50. The first-order valence-electron chi connectivity index (χ1n) is 8.70. The number of halogens is 4. The standard InChI is InChI=1S/C21H14BrF3N2OS/c22-19-9-8-18(29-19)16-11-20(28)27(17-7-2-1-6-15(17)26-16)12-13-4-3-5-14(10-13)21(23,24)25/h1-10H,11-12H2. The van der Waals surface area contributed by atoms with Gasteiger partial charge in [-0.25, -0.2) is 4.99 Å². The van der Waals surface area contributed by atoms with Crippen molar-refractivity contribution in [3.05, 3.63) is 80.5 Å². The van der Waals surface area contributed by atoms with Crippen molar-refractivity contribution in [3.8, 4) is 0 Å². The number of amides is 1. The van der Waals surface area contributed by atoms with Gasteiger partial charge in [-0.15, -0.1) is 11.3 Å². The van der Waals surface area contributed by atoms with Crippen molar-refractivity contribution in [2.75, 3.05) is 4.90 Å². The average Bonchev–Trinajstić information content (AvgIpc) is 3.06. The Morgan fingerprint density at radius 1 is 1.07 bits per heavy atom. The average molecular weight is 479 g/mol. The summed E-state index contributed by atoms with van der Waals surface area (Å²) in [4.78, 5) is 20.1. The molecule has 4 rings (SSSR count). The number of anilines is 1. The molecule has 8 heteroatoms. The molecule has 0 saturated heterocycles. The highest BCUT2D eigenvalue weighted by Gasteiger charge is 2.31. The summed E-state index contributed by atoms with van der Waals surface area (Å²) < 4.78 is 40.1. The molecule has 0 bridgehead atoms. The number of carbonyl (C=O) groups excluding carboxylic acids is 1. The summed E-state index contributed by atoms with van der Waals surface area (Å²) >= 11 is 4.90. The summed E-state index contributed by atoms with van der Waals surface area (Å²) in [5, 5.41) is 0. The van der Waals surface area contributed by atoms with Crippen LogP contribution in [-0.2, 0) is 17.5 Å². The SMILES string of the molecule is O=C1CC(c2ccc(Br)s2)=Nc2ccccc2N1Cc1cccc(C(F)(F)F)c1. The zero-order valence-corrected chi connectivity index (χ0v) is 17.3. The van der Waals surface area contributed by atoms with Gasteiger partial charge in [0.15, 0.2) is 0 Å². The molecule has 3 aromatic rings. The molecule has 0 aliphatic carbocycles. The fourth-order valence-electron chi connectivity index (χ4n) is 3.16. The van der Waals surface area contributed by atoms with Crippen molar-refractivity contribution in [1.82, 2.24) is 0 Å². The van der Waals surface area contributed by atoms with Crippen molar-refractivity contribution in [2.24, 2.45) is 4.99 Å². The number of rotatable bonds is 3. The van der Waals surface area contributed by atoms with Gasteiger partial charge in [-0.3, -0.25) is 4.79 Å². The topological polar surface area (TPSA) is 32.7 Å². The molecule has 0 radical (unpaired) electrons. The number of hydrogen-bond donors (Lipinski definition) is 0.